The van der Waals surface area contributed by atoms with Gasteiger partial charge in [0.05, 0.1) is 19.2 Å². The number of Topliss-reactive ketones (excluding diaryl/α,β-unsaturated/α-hetero) is 1. The summed E-state index contributed by atoms with van der Waals surface area (Å²) in [6.07, 6.45) is 1.69. The Bertz CT molecular complexity index is 1210. The first-order valence-electron chi connectivity index (χ1n) is 17.0. The Morgan fingerprint density at radius 1 is 0.766 bits per heavy atom. The Labute approximate surface area is 280 Å². The molecular formula is C35H56N6O6. The number of hydrogen-bond donors (Lipinski definition) is 4. The molecule has 0 aliphatic carbocycles. The zero-order valence-corrected chi connectivity index (χ0v) is 29.3. The molecule has 0 radical (unpaired) electrons. The lowest BCUT2D eigenvalue weighted by molar-refractivity contribution is -0.135. The van der Waals surface area contributed by atoms with Crippen LogP contribution in [0.15, 0.2) is 30.3 Å². The van der Waals surface area contributed by atoms with E-state index < -0.39 is 47.5 Å². The second-order valence-corrected chi connectivity index (χ2v) is 14.2. The van der Waals surface area contributed by atoms with Crippen LogP contribution in [0.4, 0.5) is 0 Å². The van der Waals surface area contributed by atoms with Gasteiger partial charge in [0.1, 0.15) is 23.7 Å². The second-order valence-electron chi connectivity index (χ2n) is 14.2. The molecule has 0 saturated carbocycles. The van der Waals surface area contributed by atoms with Crippen molar-refractivity contribution in [3.63, 3.8) is 0 Å². The molecule has 2 fully saturated rings. The monoisotopic (exact) mass is 656 g/mol. The molecule has 2 aliphatic rings. The maximum absolute atomic E-state index is 13.7. The van der Waals surface area contributed by atoms with Gasteiger partial charge in [0.15, 0.2) is 5.78 Å². The van der Waals surface area contributed by atoms with Crippen molar-refractivity contribution in [2.45, 2.75) is 97.0 Å². The van der Waals surface area contributed by atoms with Crippen molar-refractivity contribution >= 4 is 29.4 Å². The number of amides is 4. The highest BCUT2D eigenvalue weighted by Gasteiger charge is 2.50. The van der Waals surface area contributed by atoms with Crippen LogP contribution in [0.3, 0.4) is 0 Å². The standard InChI is InChI=1S/C35H56N6O6/c1-23(2)19-28(31(43)35(6)22-47-35)38-32(44)25(5)36-34(46)29(20-24(3)4)39-33(45)27(14-13-26-11-9-8-10-12-26)37-30(42)21-41-17-15-40(7)16-18-41/h8-12,23-25,27-29H,13-22H2,1-7H3,(H,36,46)(H,37,42)(H,38,44)(H,39,45)/t25-,27-,28-,29-,35+/m0/s1. The van der Waals surface area contributed by atoms with E-state index in [9.17, 15) is 24.0 Å². The SMILES string of the molecule is CC(C)C[C@H](NC(=O)[C@H](CCc1ccccc1)NC(=O)CN1CCN(C)CC1)C(=O)N[C@@H](C)C(=O)N[C@@H](CC(C)C)C(=O)[C@@]1(C)CO1. The molecule has 1 aromatic carbocycles. The number of nitrogens with zero attached hydrogens (tertiary/aromatic N) is 2. The summed E-state index contributed by atoms with van der Waals surface area (Å²) in [5.74, 6) is -1.67. The van der Waals surface area contributed by atoms with E-state index in [1.165, 1.54) is 0 Å². The van der Waals surface area contributed by atoms with E-state index in [4.69, 9.17) is 4.74 Å². The van der Waals surface area contributed by atoms with Crippen molar-refractivity contribution in [2.24, 2.45) is 11.8 Å². The highest BCUT2D eigenvalue weighted by Crippen LogP contribution is 2.29. The van der Waals surface area contributed by atoms with Crippen molar-refractivity contribution in [1.29, 1.82) is 0 Å². The molecule has 12 nitrogen and oxygen atoms in total. The average Bonchev–Trinajstić information content (AvgIpc) is 3.77. The fraction of sp³-hybridized carbons (Fsp3) is 0.686. The molecule has 47 heavy (non-hydrogen) atoms. The molecule has 0 spiro atoms. The number of carbonyl (C=O) groups is 5. The first-order chi connectivity index (χ1) is 22.2. The summed E-state index contributed by atoms with van der Waals surface area (Å²) in [7, 11) is 2.05. The lowest BCUT2D eigenvalue weighted by Gasteiger charge is -2.32. The molecule has 0 unspecified atom stereocenters. The van der Waals surface area contributed by atoms with Crippen LogP contribution in [0.1, 0.15) is 66.4 Å². The van der Waals surface area contributed by atoms with Crippen molar-refractivity contribution in [3.05, 3.63) is 35.9 Å². The summed E-state index contributed by atoms with van der Waals surface area (Å²) in [4.78, 5) is 70.8. The summed E-state index contributed by atoms with van der Waals surface area (Å²) in [5.41, 5.74) is 0.148. The van der Waals surface area contributed by atoms with Gasteiger partial charge < -0.3 is 30.9 Å². The Morgan fingerprint density at radius 3 is 1.89 bits per heavy atom. The number of hydrogen-bond acceptors (Lipinski definition) is 8. The summed E-state index contributed by atoms with van der Waals surface area (Å²) >= 11 is 0. The van der Waals surface area contributed by atoms with E-state index in [1.807, 2.05) is 65.1 Å². The number of ketones is 1. The second kappa shape index (κ2) is 17.7. The highest BCUT2D eigenvalue weighted by molar-refractivity contribution is 5.98. The van der Waals surface area contributed by atoms with Crippen molar-refractivity contribution in [3.8, 4) is 0 Å². The van der Waals surface area contributed by atoms with Gasteiger partial charge in [0.25, 0.3) is 0 Å². The Balaban J connectivity index is 1.66. The Morgan fingerprint density at radius 2 is 1.32 bits per heavy atom. The van der Waals surface area contributed by atoms with Crippen LogP contribution < -0.4 is 21.3 Å². The topological polar surface area (TPSA) is 152 Å². The van der Waals surface area contributed by atoms with Gasteiger partial charge in [-0.15, -0.1) is 0 Å². The molecule has 2 aliphatic heterocycles. The van der Waals surface area contributed by atoms with Crippen LogP contribution in [0.25, 0.3) is 0 Å². The molecule has 1 aromatic rings. The summed E-state index contributed by atoms with van der Waals surface area (Å²) < 4.78 is 5.32. The lowest BCUT2D eigenvalue weighted by atomic mass is 9.93. The van der Waals surface area contributed by atoms with Crippen LogP contribution in [0.2, 0.25) is 0 Å². The number of piperazine rings is 1. The highest BCUT2D eigenvalue weighted by atomic mass is 16.6. The molecule has 0 aromatic heterocycles. The number of carbonyl (C=O) groups excluding carboxylic acids is 5. The van der Waals surface area contributed by atoms with Crippen molar-refractivity contribution in [1.82, 2.24) is 31.1 Å². The number of benzene rings is 1. The Hall–Kier alpha value is -3.35. The van der Waals surface area contributed by atoms with E-state index in [0.29, 0.717) is 32.3 Å². The van der Waals surface area contributed by atoms with E-state index in [2.05, 4.69) is 31.1 Å². The zero-order chi connectivity index (χ0) is 34.7. The minimum Gasteiger partial charge on any atom is -0.361 e. The van der Waals surface area contributed by atoms with E-state index in [1.54, 1.807) is 13.8 Å². The van der Waals surface area contributed by atoms with Crippen LogP contribution in [-0.2, 0) is 35.1 Å². The molecule has 4 amide bonds. The van der Waals surface area contributed by atoms with E-state index in [0.717, 1.165) is 31.7 Å². The van der Waals surface area contributed by atoms with Gasteiger partial charge in [-0.3, -0.25) is 28.9 Å². The summed E-state index contributed by atoms with van der Waals surface area (Å²) in [5, 5.41) is 11.3. The number of rotatable bonds is 18. The van der Waals surface area contributed by atoms with E-state index in [-0.39, 0.29) is 30.1 Å². The average molecular weight is 657 g/mol. The first kappa shape index (κ1) is 38.1. The molecule has 0 bridgehead atoms. The third-order valence-corrected chi connectivity index (χ3v) is 8.71. The molecule has 3 rings (SSSR count). The molecule has 12 heteroatoms. The minimum absolute atomic E-state index is 0.0529. The van der Waals surface area contributed by atoms with Gasteiger partial charge in [-0.2, -0.15) is 0 Å². The predicted octanol–water partition coefficient (Wildman–Crippen LogP) is 1.28. The van der Waals surface area contributed by atoms with Gasteiger partial charge in [-0.05, 0) is 64.0 Å². The molecular weight excluding hydrogens is 600 g/mol. The molecule has 262 valence electrons. The first-order valence-corrected chi connectivity index (χ1v) is 17.0. The minimum atomic E-state index is -0.957. The van der Waals surface area contributed by atoms with Crippen LogP contribution in [-0.4, -0.2) is 115 Å². The zero-order valence-electron chi connectivity index (χ0n) is 29.3. The number of aryl methyl sites for hydroxylation is 1. The van der Waals surface area contributed by atoms with Gasteiger partial charge in [-0.25, -0.2) is 0 Å². The molecule has 5 atom stereocenters. The smallest absolute Gasteiger partial charge is 0.243 e. The fourth-order valence-corrected chi connectivity index (χ4v) is 5.65. The maximum atomic E-state index is 13.7. The maximum Gasteiger partial charge on any atom is 0.243 e. The largest absolute Gasteiger partial charge is 0.361 e. The molecule has 4 N–H and O–H groups in total. The van der Waals surface area contributed by atoms with Gasteiger partial charge >= 0.3 is 0 Å². The number of ether oxygens (including phenoxy) is 1. The summed E-state index contributed by atoms with van der Waals surface area (Å²) in [6, 6.07) is 6.24. The van der Waals surface area contributed by atoms with Gasteiger partial charge in [-0.1, -0.05) is 58.0 Å². The third kappa shape index (κ3) is 12.6. The van der Waals surface area contributed by atoms with Gasteiger partial charge in [0, 0.05) is 26.2 Å². The van der Waals surface area contributed by atoms with Crippen molar-refractivity contribution in [2.75, 3.05) is 46.4 Å². The normalized spacial score (nSPS) is 21.0. The van der Waals surface area contributed by atoms with Crippen molar-refractivity contribution < 1.29 is 28.7 Å². The van der Waals surface area contributed by atoms with Gasteiger partial charge in [0.2, 0.25) is 23.6 Å². The number of epoxide rings is 1. The quantitative estimate of drug-likeness (QED) is 0.173. The predicted molar refractivity (Wildman–Crippen MR) is 180 cm³/mol. The van der Waals surface area contributed by atoms with Crippen LogP contribution >= 0.6 is 0 Å². The summed E-state index contributed by atoms with van der Waals surface area (Å²) in [6.45, 7) is 14.9. The van der Waals surface area contributed by atoms with E-state index >= 15 is 0 Å². The lowest BCUT2D eigenvalue weighted by Crippen LogP contribution is -2.58. The Kier molecular flexibility index (Phi) is 14.4. The fourth-order valence-electron chi connectivity index (χ4n) is 5.65. The van der Waals surface area contributed by atoms with Crippen LogP contribution in [0.5, 0.6) is 0 Å². The molecule has 2 saturated heterocycles. The number of likely N-dealkylation sites (N-methyl/N-ethyl adjacent to an activating group) is 1. The third-order valence-electron chi connectivity index (χ3n) is 8.71. The van der Waals surface area contributed by atoms with Crippen LogP contribution in [0, 0.1) is 11.8 Å². The number of nitrogens with one attached hydrogen (secondary N) is 4. The molecule has 2 heterocycles.